The Morgan fingerprint density at radius 2 is 1.92 bits per heavy atom. The first kappa shape index (κ1) is 8.87. The molecular weight excluding hydrogens is 180 g/mol. The Labute approximate surface area is 74.2 Å². The first-order valence-corrected chi connectivity index (χ1v) is 3.67. The second-order valence-corrected chi connectivity index (χ2v) is 2.71. The van der Waals surface area contributed by atoms with Gasteiger partial charge in [0.2, 0.25) is 0 Å². The van der Waals surface area contributed by atoms with Crippen LogP contribution in [-0.4, -0.2) is 16.5 Å². The fourth-order valence-electron chi connectivity index (χ4n) is 0.841. The van der Waals surface area contributed by atoms with Gasteiger partial charge in [0, 0.05) is 17.5 Å². The van der Waals surface area contributed by atoms with Crippen LogP contribution in [0.5, 0.6) is 11.5 Å². The van der Waals surface area contributed by atoms with E-state index in [2.05, 4.69) is 0 Å². The van der Waals surface area contributed by atoms with Crippen molar-refractivity contribution in [2.75, 3.05) is 0 Å². The number of halogens is 1. The molecule has 0 aliphatic carbocycles. The van der Waals surface area contributed by atoms with Gasteiger partial charge in [0.1, 0.15) is 6.29 Å². The zero-order valence-corrected chi connectivity index (χ0v) is 6.88. The van der Waals surface area contributed by atoms with Gasteiger partial charge < -0.3 is 15.0 Å². The summed E-state index contributed by atoms with van der Waals surface area (Å²) < 4.78 is 0. The lowest BCUT2D eigenvalue weighted by atomic mass is 10.1. The SMILES string of the molecule is O=CCc1cc(O)c(O)cc1Cl. The molecule has 0 radical (unpaired) electrons. The van der Waals surface area contributed by atoms with Crippen LogP contribution in [0.15, 0.2) is 12.1 Å². The van der Waals surface area contributed by atoms with Crippen molar-refractivity contribution in [3.63, 3.8) is 0 Å². The maximum Gasteiger partial charge on any atom is 0.158 e. The van der Waals surface area contributed by atoms with Crippen LogP contribution in [0, 0.1) is 0 Å². The molecule has 0 fully saturated rings. The number of rotatable bonds is 2. The van der Waals surface area contributed by atoms with Crippen LogP contribution in [0.4, 0.5) is 0 Å². The zero-order valence-electron chi connectivity index (χ0n) is 6.12. The number of hydrogen-bond acceptors (Lipinski definition) is 3. The molecule has 4 heteroatoms. The van der Waals surface area contributed by atoms with Gasteiger partial charge in [0.15, 0.2) is 11.5 Å². The average molecular weight is 187 g/mol. The van der Waals surface area contributed by atoms with Gasteiger partial charge in [-0.2, -0.15) is 0 Å². The largest absolute Gasteiger partial charge is 0.504 e. The molecule has 0 amide bonds. The maximum atomic E-state index is 10.1. The van der Waals surface area contributed by atoms with E-state index in [1.54, 1.807) is 0 Å². The van der Waals surface area contributed by atoms with Gasteiger partial charge in [0.05, 0.1) is 0 Å². The van der Waals surface area contributed by atoms with Gasteiger partial charge in [-0.1, -0.05) is 11.6 Å². The van der Waals surface area contributed by atoms with E-state index in [0.29, 0.717) is 11.8 Å². The minimum Gasteiger partial charge on any atom is -0.504 e. The fraction of sp³-hybridized carbons (Fsp3) is 0.125. The van der Waals surface area contributed by atoms with E-state index in [1.807, 2.05) is 0 Å². The normalized spacial score (nSPS) is 9.75. The van der Waals surface area contributed by atoms with Crippen LogP contribution >= 0.6 is 11.6 Å². The molecule has 0 spiro atoms. The molecule has 0 aromatic heterocycles. The molecule has 0 unspecified atom stereocenters. The van der Waals surface area contributed by atoms with Crippen molar-refractivity contribution in [2.45, 2.75) is 6.42 Å². The highest BCUT2D eigenvalue weighted by atomic mass is 35.5. The number of carbonyl (C=O) groups is 1. The number of benzene rings is 1. The lowest BCUT2D eigenvalue weighted by Gasteiger charge is -2.02. The predicted molar refractivity (Wildman–Crippen MR) is 44.5 cm³/mol. The molecule has 2 N–H and O–H groups in total. The molecule has 3 nitrogen and oxygen atoms in total. The number of aldehydes is 1. The van der Waals surface area contributed by atoms with E-state index < -0.39 is 0 Å². The summed E-state index contributed by atoms with van der Waals surface area (Å²) in [6.07, 6.45) is 0.810. The Hall–Kier alpha value is -1.22. The maximum absolute atomic E-state index is 10.1. The topological polar surface area (TPSA) is 57.5 Å². The van der Waals surface area contributed by atoms with Crippen molar-refractivity contribution in [2.24, 2.45) is 0 Å². The minimum absolute atomic E-state index is 0.132. The molecule has 0 atom stereocenters. The number of carbonyl (C=O) groups excluding carboxylic acids is 1. The van der Waals surface area contributed by atoms with Gasteiger partial charge >= 0.3 is 0 Å². The monoisotopic (exact) mass is 186 g/mol. The molecule has 0 heterocycles. The lowest BCUT2D eigenvalue weighted by Crippen LogP contribution is -1.86. The Morgan fingerprint density at radius 1 is 1.33 bits per heavy atom. The average Bonchev–Trinajstić information content (AvgIpc) is 2.01. The third-order valence-corrected chi connectivity index (χ3v) is 1.80. The van der Waals surface area contributed by atoms with Gasteiger partial charge in [-0.3, -0.25) is 0 Å². The number of hydrogen-bond donors (Lipinski definition) is 2. The summed E-state index contributed by atoms with van der Waals surface area (Å²) in [5.41, 5.74) is 0.502. The van der Waals surface area contributed by atoms with Crippen LogP contribution < -0.4 is 0 Å². The van der Waals surface area contributed by atoms with Gasteiger partial charge in [-0.25, -0.2) is 0 Å². The van der Waals surface area contributed by atoms with Gasteiger partial charge in [-0.05, 0) is 11.6 Å². The smallest absolute Gasteiger partial charge is 0.158 e. The van der Waals surface area contributed by atoms with E-state index in [0.717, 1.165) is 0 Å². The molecular formula is C8H7ClO3. The Morgan fingerprint density at radius 3 is 2.50 bits per heavy atom. The molecule has 1 rings (SSSR count). The summed E-state index contributed by atoms with van der Waals surface area (Å²) in [5, 5.41) is 18.3. The summed E-state index contributed by atoms with van der Waals surface area (Å²) in [7, 11) is 0. The predicted octanol–water partition coefficient (Wildman–Crippen LogP) is 1.49. The van der Waals surface area contributed by atoms with E-state index in [4.69, 9.17) is 21.8 Å². The number of phenols is 2. The molecule has 12 heavy (non-hydrogen) atoms. The van der Waals surface area contributed by atoms with Crippen molar-refractivity contribution in [3.8, 4) is 11.5 Å². The van der Waals surface area contributed by atoms with Gasteiger partial charge in [0.25, 0.3) is 0 Å². The minimum atomic E-state index is -0.283. The Kier molecular flexibility index (Phi) is 2.55. The number of aromatic hydroxyl groups is 2. The van der Waals surface area contributed by atoms with Crippen molar-refractivity contribution < 1.29 is 15.0 Å². The molecule has 0 bridgehead atoms. The fourth-order valence-corrected chi connectivity index (χ4v) is 1.08. The summed E-state index contributed by atoms with van der Waals surface area (Å²) in [4.78, 5) is 10.1. The second kappa shape index (κ2) is 3.45. The van der Waals surface area contributed by atoms with Crippen molar-refractivity contribution >= 4 is 17.9 Å². The summed E-state index contributed by atoms with van der Waals surface area (Å²) in [6.45, 7) is 0. The Bertz CT molecular complexity index is 309. The summed E-state index contributed by atoms with van der Waals surface area (Å²) in [6, 6.07) is 2.47. The second-order valence-electron chi connectivity index (χ2n) is 2.30. The van der Waals surface area contributed by atoms with Crippen LogP contribution in [-0.2, 0) is 11.2 Å². The molecule has 1 aromatic rings. The Balaban J connectivity index is 3.13. The standard InChI is InChI=1S/C8H7ClO3/c9-6-4-8(12)7(11)3-5(6)1-2-10/h2-4,11-12H,1H2. The highest BCUT2D eigenvalue weighted by Gasteiger charge is 2.05. The molecule has 0 aliphatic rings. The van der Waals surface area contributed by atoms with Crippen molar-refractivity contribution in [3.05, 3.63) is 22.7 Å². The highest BCUT2D eigenvalue weighted by Crippen LogP contribution is 2.30. The molecule has 0 saturated heterocycles. The van der Waals surface area contributed by atoms with E-state index in [-0.39, 0.29) is 22.9 Å². The summed E-state index contributed by atoms with van der Waals surface area (Å²) in [5.74, 6) is -0.550. The van der Waals surface area contributed by atoms with Crippen molar-refractivity contribution in [1.82, 2.24) is 0 Å². The first-order chi connectivity index (χ1) is 5.65. The molecule has 1 aromatic carbocycles. The van der Waals surface area contributed by atoms with Crippen molar-refractivity contribution in [1.29, 1.82) is 0 Å². The number of phenolic OH excluding ortho intramolecular Hbond substituents is 2. The first-order valence-electron chi connectivity index (χ1n) is 3.29. The van der Waals surface area contributed by atoms with Gasteiger partial charge in [-0.15, -0.1) is 0 Å². The summed E-state index contributed by atoms with van der Waals surface area (Å²) >= 11 is 5.65. The highest BCUT2D eigenvalue weighted by molar-refractivity contribution is 6.31. The van der Waals surface area contributed by atoms with Crippen LogP contribution in [0.2, 0.25) is 5.02 Å². The van der Waals surface area contributed by atoms with E-state index in [1.165, 1.54) is 12.1 Å². The van der Waals surface area contributed by atoms with Crippen LogP contribution in [0.3, 0.4) is 0 Å². The molecule has 0 saturated carbocycles. The third kappa shape index (κ3) is 1.68. The third-order valence-electron chi connectivity index (χ3n) is 1.45. The van der Waals surface area contributed by atoms with E-state index in [9.17, 15) is 4.79 Å². The van der Waals surface area contributed by atoms with E-state index >= 15 is 0 Å². The molecule has 64 valence electrons. The lowest BCUT2D eigenvalue weighted by molar-refractivity contribution is -0.107. The molecule has 0 aliphatic heterocycles. The van der Waals surface area contributed by atoms with Crippen LogP contribution in [0.25, 0.3) is 0 Å². The zero-order chi connectivity index (χ0) is 9.14. The van der Waals surface area contributed by atoms with Crippen LogP contribution in [0.1, 0.15) is 5.56 Å². The quantitative estimate of drug-likeness (QED) is 0.544.